The van der Waals surface area contributed by atoms with Gasteiger partial charge in [0.15, 0.2) is 0 Å². The van der Waals surface area contributed by atoms with Gasteiger partial charge in [0.25, 0.3) is 0 Å². The number of carbonyl (C=O) groups is 1. The summed E-state index contributed by atoms with van der Waals surface area (Å²) in [5, 5.41) is 20.0. The molecule has 1 aromatic rings. The van der Waals surface area contributed by atoms with Gasteiger partial charge in [-0.05, 0) is 49.3 Å². The van der Waals surface area contributed by atoms with Gasteiger partial charge in [0, 0.05) is 13.1 Å². The quantitative estimate of drug-likeness (QED) is 0.926. The normalized spacial score (nSPS) is 22.1. The summed E-state index contributed by atoms with van der Waals surface area (Å²) in [5.41, 5.74) is -0.104. The van der Waals surface area contributed by atoms with Crippen LogP contribution in [0.1, 0.15) is 50.2 Å². The summed E-state index contributed by atoms with van der Waals surface area (Å²) in [6.45, 7) is 1.15. The van der Waals surface area contributed by atoms with Crippen LogP contribution < -0.4 is 0 Å². The standard InChI is InChI=1S/C19H23FN2O2/c20-16-5-3-14(4-6-16)17(23)15-7-11-22(12-8-15)18(24)19(13-21)9-1-2-10-19/h3-6,15,17,23H,1-2,7-12H2. The van der Waals surface area contributed by atoms with Crippen molar-refractivity contribution in [3.8, 4) is 6.07 Å². The number of benzene rings is 1. The Morgan fingerprint density at radius 2 is 1.83 bits per heavy atom. The highest BCUT2D eigenvalue weighted by Gasteiger charge is 2.44. The van der Waals surface area contributed by atoms with E-state index >= 15 is 0 Å². The van der Waals surface area contributed by atoms with Crippen molar-refractivity contribution in [1.82, 2.24) is 4.90 Å². The van der Waals surface area contributed by atoms with Crippen molar-refractivity contribution in [3.05, 3.63) is 35.6 Å². The summed E-state index contributed by atoms with van der Waals surface area (Å²) in [5.74, 6) is -0.289. The number of nitriles is 1. The molecule has 0 aromatic heterocycles. The van der Waals surface area contributed by atoms with Gasteiger partial charge in [-0.2, -0.15) is 5.26 Å². The Bertz CT molecular complexity index is 624. The monoisotopic (exact) mass is 330 g/mol. The minimum Gasteiger partial charge on any atom is -0.388 e. The predicted molar refractivity (Wildman–Crippen MR) is 87.2 cm³/mol. The molecule has 24 heavy (non-hydrogen) atoms. The van der Waals surface area contributed by atoms with Gasteiger partial charge >= 0.3 is 0 Å². The highest BCUT2D eigenvalue weighted by atomic mass is 19.1. The van der Waals surface area contributed by atoms with Gasteiger partial charge in [0.05, 0.1) is 12.2 Å². The second kappa shape index (κ2) is 6.90. The van der Waals surface area contributed by atoms with Gasteiger partial charge in [-0.3, -0.25) is 4.79 Å². The molecule has 1 N–H and O–H groups in total. The number of hydrogen-bond donors (Lipinski definition) is 1. The third-order valence-corrected chi connectivity index (χ3v) is 5.57. The summed E-state index contributed by atoms with van der Waals surface area (Å²) in [6.07, 6.45) is 3.98. The number of aliphatic hydroxyl groups excluding tert-OH is 1. The topological polar surface area (TPSA) is 64.3 Å². The fourth-order valence-corrected chi connectivity index (χ4v) is 4.01. The molecule has 0 bridgehead atoms. The first-order chi connectivity index (χ1) is 11.6. The Labute approximate surface area is 141 Å². The Kier molecular flexibility index (Phi) is 4.86. The van der Waals surface area contributed by atoms with E-state index in [1.165, 1.54) is 12.1 Å². The van der Waals surface area contributed by atoms with Crippen molar-refractivity contribution < 1.29 is 14.3 Å². The SMILES string of the molecule is N#CC1(C(=O)N2CCC(C(O)c3ccc(F)cc3)CC2)CCCC1. The molecule has 2 fully saturated rings. The summed E-state index contributed by atoms with van der Waals surface area (Å²) >= 11 is 0. The maximum atomic E-state index is 13.0. The minimum atomic E-state index is -0.817. The van der Waals surface area contributed by atoms with Gasteiger partial charge in [0.2, 0.25) is 5.91 Å². The molecule has 1 saturated carbocycles. The lowest BCUT2D eigenvalue weighted by Crippen LogP contribution is -2.46. The van der Waals surface area contributed by atoms with Crippen LogP contribution >= 0.6 is 0 Å². The van der Waals surface area contributed by atoms with E-state index < -0.39 is 11.5 Å². The molecule has 0 radical (unpaired) electrons. The zero-order chi connectivity index (χ0) is 17.2. The molecule has 5 heteroatoms. The Morgan fingerprint density at radius 1 is 1.25 bits per heavy atom. The number of rotatable bonds is 3. The van der Waals surface area contributed by atoms with E-state index in [0.29, 0.717) is 44.3 Å². The molecule has 1 aliphatic heterocycles. The van der Waals surface area contributed by atoms with Crippen molar-refractivity contribution in [2.75, 3.05) is 13.1 Å². The highest BCUT2D eigenvalue weighted by molar-refractivity contribution is 5.85. The van der Waals surface area contributed by atoms with Crippen molar-refractivity contribution in [3.63, 3.8) is 0 Å². The molecule has 1 saturated heterocycles. The van der Waals surface area contributed by atoms with E-state index in [9.17, 15) is 19.6 Å². The van der Waals surface area contributed by atoms with E-state index in [-0.39, 0.29) is 17.6 Å². The molecule has 2 aliphatic rings. The van der Waals surface area contributed by atoms with Crippen LogP contribution in [0.3, 0.4) is 0 Å². The van der Waals surface area contributed by atoms with Crippen LogP contribution in [0.5, 0.6) is 0 Å². The number of nitrogens with zero attached hydrogens (tertiary/aromatic N) is 2. The molecule has 0 spiro atoms. The van der Waals surface area contributed by atoms with E-state index in [2.05, 4.69) is 6.07 Å². The van der Waals surface area contributed by atoms with Crippen molar-refractivity contribution in [2.24, 2.45) is 11.3 Å². The fourth-order valence-electron chi connectivity index (χ4n) is 4.01. The molecule has 1 atom stereocenters. The minimum absolute atomic E-state index is 0.0304. The van der Waals surface area contributed by atoms with Crippen LogP contribution in [0, 0.1) is 28.5 Å². The number of likely N-dealkylation sites (tertiary alicyclic amines) is 1. The first-order valence-corrected chi connectivity index (χ1v) is 8.70. The molecular formula is C19H23FN2O2. The number of carbonyl (C=O) groups excluding carboxylic acids is 1. The molecular weight excluding hydrogens is 307 g/mol. The lowest BCUT2D eigenvalue weighted by molar-refractivity contribution is -0.140. The molecule has 1 aromatic carbocycles. The second-order valence-electron chi connectivity index (χ2n) is 7.03. The number of aliphatic hydroxyl groups is 1. The van der Waals surface area contributed by atoms with Gasteiger partial charge in [-0.15, -0.1) is 0 Å². The third kappa shape index (κ3) is 3.16. The molecule has 1 aliphatic carbocycles. The first kappa shape index (κ1) is 16.9. The smallest absolute Gasteiger partial charge is 0.243 e. The number of piperidine rings is 1. The zero-order valence-corrected chi connectivity index (χ0v) is 13.7. The third-order valence-electron chi connectivity index (χ3n) is 5.57. The van der Waals surface area contributed by atoms with Crippen LogP contribution in [0.15, 0.2) is 24.3 Å². The molecule has 1 unspecified atom stereocenters. The Balaban J connectivity index is 1.60. The average molecular weight is 330 g/mol. The van der Waals surface area contributed by atoms with E-state index in [0.717, 1.165) is 12.8 Å². The molecule has 1 amide bonds. The summed E-state index contributed by atoms with van der Waals surface area (Å²) < 4.78 is 13.0. The predicted octanol–water partition coefficient (Wildman–Crippen LogP) is 3.18. The van der Waals surface area contributed by atoms with E-state index in [4.69, 9.17) is 0 Å². The van der Waals surface area contributed by atoms with Crippen LogP contribution in [-0.4, -0.2) is 29.0 Å². The highest BCUT2D eigenvalue weighted by Crippen LogP contribution is 2.40. The first-order valence-electron chi connectivity index (χ1n) is 8.70. The summed E-state index contributed by atoms with van der Waals surface area (Å²) in [7, 11) is 0. The van der Waals surface area contributed by atoms with E-state index in [1.807, 2.05) is 0 Å². The maximum Gasteiger partial charge on any atom is 0.243 e. The Hall–Kier alpha value is -1.93. The zero-order valence-electron chi connectivity index (χ0n) is 13.7. The number of amides is 1. The molecule has 3 rings (SSSR count). The Morgan fingerprint density at radius 3 is 2.38 bits per heavy atom. The van der Waals surface area contributed by atoms with Crippen molar-refractivity contribution in [1.29, 1.82) is 5.26 Å². The summed E-state index contributed by atoms with van der Waals surface area (Å²) in [4.78, 5) is 14.5. The lowest BCUT2D eigenvalue weighted by Gasteiger charge is -2.37. The molecule has 4 nitrogen and oxygen atoms in total. The van der Waals surface area contributed by atoms with Gasteiger partial charge in [-0.1, -0.05) is 25.0 Å². The van der Waals surface area contributed by atoms with Gasteiger partial charge in [-0.25, -0.2) is 4.39 Å². The van der Waals surface area contributed by atoms with Crippen molar-refractivity contribution in [2.45, 2.75) is 44.6 Å². The number of halogens is 1. The van der Waals surface area contributed by atoms with Crippen LogP contribution in [0.25, 0.3) is 0 Å². The molecule has 1 heterocycles. The van der Waals surface area contributed by atoms with Crippen molar-refractivity contribution >= 4 is 5.91 Å². The average Bonchev–Trinajstić information content (AvgIpc) is 3.11. The summed E-state index contributed by atoms with van der Waals surface area (Å²) in [6, 6.07) is 8.20. The van der Waals surface area contributed by atoms with Gasteiger partial charge < -0.3 is 10.0 Å². The molecule has 128 valence electrons. The largest absolute Gasteiger partial charge is 0.388 e. The van der Waals surface area contributed by atoms with Crippen LogP contribution in [-0.2, 0) is 4.79 Å². The van der Waals surface area contributed by atoms with Crippen LogP contribution in [0.4, 0.5) is 4.39 Å². The lowest BCUT2D eigenvalue weighted by atomic mass is 9.83. The maximum absolute atomic E-state index is 13.0. The van der Waals surface area contributed by atoms with Gasteiger partial charge in [0.1, 0.15) is 11.2 Å². The fraction of sp³-hybridized carbons (Fsp3) is 0.579. The van der Waals surface area contributed by atoms with E-state index in [1.54, 1.807) is 17.0 Å². The number of hydrogen-bond acceptors (Lipinski definition) is 3. The second-order valence-corrected chi connectivity index (χ2v) is 7.03. The van der Waals surface area contributed by atoms with Crippen LogP contribution in [0.2, 0.25) is 0 Å².